The fourth-order valence-corrected chi connectivity index (χ4v) is 4.10. The number of carbonyl (C=O) groups excluding carboxylic acids is 2. The molecule has 3 rings (SSSR count). The molecule has 0 spiro atoms. The molecule has 2 heterocycles. The maximum Gasteiger partial charge on any atom is 0.238 e. The molecule has 0 bridgehead atoms. The number of ketones is 1. The molecular formula is C20H20N2O2S2. The highest BCUT2D eigenvalue weighted by molar-refractivity contribution is 7.10. The van der Waals surface area contributed by atoms with Crippen LogP contribution >= 0.6 is 22.7 Å². The van der Waals surface area contributed by atoms with Crippen molar-refractivity contribution in [2.24, 2.45) is 0 Å². The van der Waals surface area contributed by atoms with Gasteiger partial charge in [-0.05, 0) is 54.1 Å². The van der Waals surface area contributed by atoms with Gasteiger partial charge < -0.3 is 5.32 Å². The summed E-state index contributed by atoms with van der Waals surface area (Å²) in [4.78, 5) is 28.4. The summed E-state index contributed by atoms with van der Waals surface area (Å²) in [6.07, 6.45) is 0. The first-order valence-electron chi connectivity index (χ1n) is 8.28. The molecule has 0 aliphatic rings. The maximum absolute atomic E-state index is 12.5. The second-order valence-electron chi connectivity index (χ2n) is 5.99. The standard InChI is InChI=1S/C20H20N2O2S2/c1-15(23)16-6-8-17(9-7-16)21-20(24)14-22(12-18-4-2-10-25-18)13-19-5-3-11-26-19/h2-11H,12-14H2,1H3,(H,21,24). The van der Waals surface area contributed by atoms with Gasteiger partial charge in [0.15, 0.2) is 5.78 Å². The fraction of sp³-hybridized carbons (Fsp3) is 0.200. The summed E-state index contributed by atoms with van der Waals surface area (Å²) in [5, 5.41) is 7.01. The lowest BCUT2D eigenvalue weighted by Gasteiger charge is -2.20. The quantitative estimate of drug-likeness (QED) is 0.575. The maximum atomic E-state index is 12.5. The zero-order valence-corrected chi connectivity index (χ0v) is 16.1. The monoisotopic (exact) mass is 384 g/mol. The van der Waals surface area contributed by atoms with E-state index in [-0.39, 0.29) is 11.7 Å². The minimum atomic E-state index is -0.0614. The van der Waals surface area contributed by atoms with E-state index in [9.17, 15) is 9.59 Å². The SMILES string of the molecule is CC(=O)c1ccc(NC(=O)CN(Cc2cccs2)Cc2cccs2)cc1. The molecule has 1 amide bonds. The second kappa shape index (κ2) is 8.89. The minimum Gasteiger partial charge on any atom is -0.325 e. The number of nitrogens with zero attached hydrogens (tertiary/aromatic N) is 1. The topological polar surface area (TPSA) is 49.4 Å². The van der Waals surface area contributed by atoms with Crippen molar-refractivity contribution in [1.82, 2.24) is 4.90 Å². The molecule has 134 valence electrons. The van der Waals surface area contributed by atoms with Crippen molar-refractivity contribution < 1.29 is 9.59 Å². The number of thiophene rings is 2. The summed E-state index contributed by atoms with van der Waals surface area (Å²) < 4.78 is 0. The largest absolute Gasteiger partial charge is 0.325 e. The smallest absolute Gasteiger partial charge is 0.238 e. The Morgan fingerprint density at radius 2 is 1.50 bits per heavy atom. The number of hydrogen-bond acceptors (Lipinski definition) is 5. The number of benzene rings is 1. The molecule has 3 aromatic rings. The Labute approximate surface area is 161 Å². The van der Waals surface area contributed by atoms with E-state index in [0.717, 1.165) is 13.1 Å². The predicted octanol–water partition coefficient (Wildman–Crippen LogP) is 4.65. The highest BCUT2D eigenvalue weighted by Crippen LogP contribution is 2.17. The molecule has 0 atom stereocenters. The van der Waals surface area contributed by atoms with Crippen LogP contribution in [-0.4, -0.2) is 23.1 Å². The van der Waals surface area contributed by atoms with E-state index in [1.165, 1.54) is 16.7 Å². The highest BCUT2D eigenvalue weighted by Gasteiger charge is 2.14. The zero-order chi connectivity index (χ0) is 18.4. The van der Waals surface area contributed by atoms with Crippen molar-refractivity contribution in [2.75, 3.05) is 11.9 Å². The molecule has 0 unspecified atom stereocenters. The van der Waals surface area contributed by atoms with E-state index < -0.39 is 0 Å². The average molecular weight is 385 g/mol. The molecule has 2 aromatic heterocycles. The number of anilines is 1. The van der Waals surface area contributed by atoms with Crippen LogP contribution in [0, 0.1) is 0 Å². The number of Topliss-reactive ketones (excluding diaryl/α,β-unsaturated/α-hetero) is 1. The molecule has 0 saturated carbocycles. The van der Waals surface area contributed by atoms with Crippen LogP contribution in [0.5, 0.6) is 0 Å². The Hall–Kier alpha value is -2.28. The predicted molar refractivity (Wildman–Crippen MR) is 108 cm³/mol. The van der Waals surface area contributed by atoms with Crippen LogP contribution in [-0.2, 0) is 17.9 Å². The van der Waals surface area contributed by atoms with Crippen molar-refractivity contribution in [1.29, 1.82) is 0 Å². The van der Waals surface area contributed by atoms with E-state index in [1.54, 1.807) is 46.9 Å². The summed E-state index contributed by atoms with van der Waals surface area (Å²) in [5.74, 6) is -0.0466. The zero-order valence-electron chi connectivity index (χ0n) is 14.5. The normalized spacial score (nSPS) is 10.8. The summed E-state index contributed by atoms with van der Waals surface area (Å²) in [5.41, 5.74) is 1.34. The lowest BCUT2D eigenvalue weighted by atomic mass is 10.1. The third-order valence-corrected chi connectivity index (χ3v) is 5.58. The van der Waals surface area contributed by atoms with Gasteiger partial charge in [0.1, 0.15) is 0 Å². The van der Waals surface area contributed by atoms with Gasteiger partial charge in [-0.25, -0.2) is 0 Å². The molecule has 26 heavy (non-hydrogen) atoms. The van der Waals surface area contributed by atoms with Crippen molar-refractivity contribution >= 4 is 40.1 Å². The lowest BCUT2D eigenvalue weighted by Crippen LogP contribution is -2.32. The Kier molecular flexibility index (Phi) is 6.33. The van der Waals surface area contributed by atoms with Crippen molar-refractivity contribution in [3.05, 3.63) is 74.6 Å². The van der Waals surface area contributed by atoms with E-state index in [4.69, 9.17) is 0 Å². The van der Waals surface area contributed by atoms with Crippen molar-refractivity contribution in [2.45, 2.75) is 20.0 Å². The first kappa shape index (κ1) is 18.5. The molecule has 0 fully saturated rings. The van der Waals surface area contributed by atoms with Gasteiger partial charge in [0.05, 0.1) is 6.54 Å². The van der Waals surface area contributed by atoms with E-state index in [1.807, 2.05) is 12.1 Å². The number of hydrogen-bond donors (Lipinski definition) is 1. The third-order valence-electron chi connectivity index (χ3n) is 3.86. The fourth-order valence-electron chi connectivity index (χ4n) is 2.61. The van der Waals surface area contributed by atoms with E-state index in [0.29, 0.717) is 17.8 Å². The van der Waals surface area contributed by atoms with Gasteiger partial charge in [0.25, 0.3) is 0 Å². The van der Waals surface area contributed by atoms with Crippen LogP contribution in [0.1, 0.15) is 27.0 Å². The number of carbonyl (C=O) groups is 2. The Balaban J connectivity index is 1.63. The lowest BCUT2D eigenvalue weighted by molar-refractivity contribution is -0.117. The van der Waals surface area contributed by atoms with Gasteiger partial charge >= 0.3 is 0 Å². The van der Waals surface area contributed by atoms with Crippen molar-refractivity contribution in [3.8, 4) is 0 Å². The third kappa shape index (κ3) is 5.36. The van der Waals surface area contributed by atoms with Crippen molar-refractivity contribution in [3.63, 3.8) is 0 Å². The first-order valence-corrected chi connectivity index (χ1v) is 10.0. The van der Waals surface area contributed by atoms with Crippen LogP contribution in [0.2, 0.25) is 0 Å². The molecule has 0 radical (unpaired) electrons. The van der Waals surface area contributed by atoms with Crippen LogP contribution in [0.15, 0.2) is 59.3 Å². The van der Waals surface area contributed by atoms with Gasteiger partial charge in [-0.3, -0.25) is 14.5 Å². The molecule has 0 saturated heterocycles. The average Bonchev–Trinajstić information content (AvgIpc) is 3.29. The molecule has 1 aromatic carbocycles. The number of rotatable bonds is 8. The second-order valence-corrected chi connectivity index (χ2v) is 8.05. The summed E-state index contributed by atoms with van der Waals surface area (Å²) in [6.45, 7) is 3.32. The molecule has 4 nitrogen and oxygen atoms in total. The van der Waals surface area contributed by atoms with Gasteiger partial charge in [-0.2, -0.15) is 0 Å². The molecule has 0 aliphatic heterocycles. The Morgan fingerprint density at radius 3 is 1.96 bits per heavy atom. The molecule has 0 aliphatic carbocycles. The Morgan fingerprint density at radius 1 is 0.923 bits per heavy atom. The van der Waals surface area contributed by atoms with Crippen LogP contribution < -0.4 is 5.32 Å². The summed E-state index contributed by atoms with van der Waals surface area (Å²) >= 11 is 3.39. The number of amides is 1. The summed E-state index contributed by atoms with van der Waals surface area (Å²) in [6, 6.07) is 15.2. The van der Waals surface area contributed by atoms with Crippen LogP contribution in [0.3, 0.4) is 0 Å². The van der Waals surface area contributed by atoms with E-state index >= 15 is 0 Å². The van der Waals surface area contributed by atoms with Gasteiger partial charge in [-0.1, -0.05) is 12.1 Å². The van der Waals surface area contributed by atoms with Crippen LogP contribution in [0.25, 0.3) is 0 Å². The highest BCUT2D eigenvalue weighted by atomic mass is 32.1. The summed E-state index contributed by atoms with van der Waals surface area (Å²) in [7, 11) is 0. The van der Waals surface area contributed by atoms with Gasteiger partial charge in [0, 0.05) is 34.1 Å². The van der Waals surface area contributed by atoms with Crippen LogP contribution in [0.4, 0.5) is 5.69 Å². The first-order chi connectivity index (χ1) is 12.6. The number of nitrogens with one attached hydrogen (secondary N) is 1. The minimum absolute atomic E-state index is 0.0148. The van der Waals surface area contributed by atoms with Gasteiger partial charge in [-0.15, -0.1) is 22.7 Å². The molecule has 6 heteroatoms. The molecular weight excluding hydrogens is 364 g/mol. The molecule has 1 N–H and O–H groups in total. The van der Waals surface area contributed by atoms with Gasteiger partial charge in [0.2, 0.25) is 5.91 Å². The Bertz CT molecular complexity index is 804. The van der Waals surface area contributed by atoms with E-state index in [2.05, 4.69) is 33.1 Å².